The third-order valence-corrected chi connectivity index (χ3v) is 9.19. The largest absolute Gasteiger partial charge is 0.449 e. The highest BCUT2D eigenvalue weighted by Gasteiger charge is 2.37. The van der Waals surface area contributed by atoms with Crippen molar-refractivity contribution in [2.24, 2.45) is 0 Å². The summed E-state index contributed by atoms with van der Waals surface area (Å²) in [6, 6.07) is 47.2. The van der Waals surface area contributed by atoms with E-state index < -0.39 is 0 Å². The van der Waals surface area contributed by atoms with E-state index in [0.29, 0.717) is 34.7 Å². The summed E-state index contributed by atoms with van der Waals surface area (Å²) >= 11 is 0. The first-order chi connectivity index (χ1) is 23.0. The van der Waals surface area contributed by atoms with Crippen molar-refractivity contribution >= 4 is 0 Å². The fourth-order valence-corrected chi connectivity index (χ4v) is 6.79. The molecule has 5 nitrogen and oxygen atoms in total. The number of fused-ring (bicyclic) bond motifs is 5. The summed E-state index contributed by atoms with van der Waals surface area (Å²) in [6.45, 7) is 4.54. The molecular formula is C42H29N3O2. The van der Waals surface area contributed by atoms with Crippen LogP contribution in [-0.2, 0) is 5.41 Å². The van der Waals surface area contributed by atoms with Gasteiger partial charge in [0.25, 0.3) is 0 Å². The molecule has 1 aromatic heterocycles. The van der Waals surface area contributed by atoms with Crippen molar-refractivity contribution in [2.45, 2.75) is 19.3 Å². The summed E-state index contributed by atoms with van der Waals surface area (Å²) in [5.74, 6) is 4.67. The maximum atomic E-state index is 6.70. The minimum absolute atomic E-state index is 0.122. The molecule has 0 unspecified atom stereocenters. The molecule has 5 heteroatoms. The van der Waals surface area contributed by atoms with Gasteiger partial charge in [-0.2, -0.15) is 0 Å². The van der Waals surface area contributed by atoms with Gasteiger partial charge in [0.2, 0.25) is 0 Å². The van der Waals surface area contributed by atoms with E-state index in [4.69, 9.17) is 24.4 Å². The number of para-hydroxylation sites is 1. The van der Waals surface area contributed by atoms with Crippen LogP contribution in [-0.4, -0.2) is 15.0 Å². The quantitative estimate of drug-likeness (QED) is 0.199. The van der Waals surface area contributed by atoms with E-state index in [9.17, 15) is 0 Å². The number of ether oxygens (including phenoxy) is 2. The van der Waals surface area contributed by atoms with Crippen molar-refractivity contribution in [3.63, 3.8) is 0 Å². The number of hydrogen-bond donors (Lipinski definition) is 0. The van der Waals surface area contributed by atoms with E-state index in [0.717, 1.165) is 33.6 Å². The van der Waals surface area contributed by atoms with Crippen LogP contribution in [0.3, 0.4) is 0 Å². The summed E-state index contributed by atoms with van der Waals surface area (Å²) in [5, 5.41) is 0. The number of rotatable bonds is 4. The Morgan fingerprint density at radius 2 is 0.957 bits per heavy atom. The average molecular weight is 608 g/mol. The molecule has 0 radical (unpaired) electrons. The first kappa shape index (κ1) is 27.3. The number of hydrogen-bond acceptors (Lipinski definition) is 5. The van der Waals surface area contributed by atoms with Gasteiger partial charge in [-0.25, -0.2) is 15.0 Å². The maximum absolute atomic E-state index is 6.70. The van der Waals surface area contributed by atoms with Crippen molar-refractivity contribution in [1.82, 2.24) is 15.0 Å². The molecule has 1 aliphatic carbocycles. The van der Waals surface area contributed by atoms with Crippen molar-refractivity contribution in [3.05, 3.63) is 151 Å². The number of nitrogens with zero attached hydrogens (tertiary/aromatic N) is 3. The topological polar surface area (TPSA) is 57.1 Å². The van der Waals surface area contributed by atoms with E-state index in [1.165, 1.54) is 22.3 Å². The van der Waals surface area contributed by atoms with Gasteiger partial charge in [-0.05, 0) is 52.1 Å². The predicted octanol–water partition coefficient (Wildman–Crippen LogP) is 10.7. The zero-order chi connectivity index (χ0) is 31.5. The lowest BCUT2D eigenvalue weighted by Crippen LogP contribution is -2.15. The molecule has 2 aliphatic rings. The second-order valence-corrected chi connectivity index (χ2v) is 12.5. The monoisotopic (exact) mass is 607 g/mol. The van der Waals surface area contributed by atoms with Gasteiger partial charge in [0.1, 0.15) is 0 Å². The summed E-state index contributed by atoms with van der Waals surface area (Å²) < 4.78 is 13.2. The van der Waals surface area contributed by atoms with E-state index in [1.54, 1.807) is 0 Å². The molecule has 0 N–H and O–H groups in total. The summed E-state index contributed by atoms with van der Waals surface area (Å²) in [5.41, 5.74) is 9.52. The Bertz CT molecular complexity index is 2270. The van der Waals surface area contributed by atoms with Crippen LogP contribution in [0, 0.1) is 0 Å². The van der Waals surface area contributed by atoms with Crippen LogP contribution in [0.15, 0.2) is 140 Å². The van der Waals surface area contributed by atoms with Crippen LogP contribution in [0.1, 0.15) is 25.0 Å². The number of aromatic nitrogens is 3. The molecule has 9 rings (SSSR count). The van der Waals surface area contributed by atoms with Gasteiger partial charge >= 0.3 is 0 Å². The number of benzene rings is 6. The molecule has 0 bridgehead atoms. The Balaban J connectivity index is 1.13. The molecule has 0 saturated heterocycles. The Morgan fingerprint density at radius 3 is 1.68 bits per heavy atom. The minimum Gasteiger partial charge on any atom is -0.449 e. The lowest BCUT2D eigenvalue weighted by molar-refractivity contribution is 0.360. The summed E-state index contributed by atoms with van der Waals surface area (Å²) in [4.78, 5) is 14.7. The SMILES string of the molecule is CC1(C)c2ccccc2-c2cc3c(cc21)Oc1cccc(-c2cccc(-c4nc(-c5ccccc5)nc(-c5ccccc5)n4)c2)c1O3. The molecule has 0 amide bonds. The fourth-order valence-electron chi connectivity index (χ4n) is 6.79. The molecule has 2 heterocycles. The van der Waals surface area contributed by atoms with Gasteiger partial charge in [0, 0.05) is 27.7 Å². The van der Waals surface area contributed by atoms with Crippen LogP contribution in [0.25, 0.3) is 56.4 Å². The van der Waals surface area contributed by atoms with Gasteiger partial charge in [-0.1, -0.05) is 129 Å². The Morgan fingerprint density at radius 1 is 0.404 bits per heavy atom. The molecule has 7 aromatic rings. The average Bonchev–Trinajstić information content (AvgIpc) is 3.35. The standard InChI is InChI=1S/C42H29N3O2/c1-42(2)33-21-10-9-19-31(33)32-24-36-37(25-34(32)42)46-35-22-12-20-30(38(35)47-36)28-17-11-18-29(23-28)41-44-39(26-13-5-3-6-14-26)43-40(45-41)27-15-7-4-8-16-27/h3-25H,1-2H3. The van der Waals surface area contributed by atoms with Gasteiger partial charge < -0.3 is 9.47 Å². The Hall–Kier alpha value is -6.07. The zero-order valence-electron chi connectivity index (χ0n) is 25.9. The minimum atomic E-state index is -0.122. The van der Waals surface area contributed by atoms with Crippen molar-refractivity contribution in [2.75, 3.05) is 0 Å². The highest BCUT2D eigenvalue weighted by Crippen LogP contribution is 2.56. The van der Waals surface area contributed by atoms with Crippen LogP contribution in [0.4, 0.5) is 0 Å². The summed E-state index contributed by atoms with van der Waals surface area (Å²) in [7, 11) is 0. The second kappa shape index (κ2) is 10.5. The normalized spacial score (nSPS) is 13.4. The van der Waals surface area contributed by atoms with Gasteiger partial charge in [-0.3, -0.25) is 0 Å². The van der Waals surface area contributed by atoms with Gasteiger partial charge in [0.15, 0.2) is 40.5 Å². The molecule has 47 heavy (non-hydrogen) atoms. The third kappa shape index (κ3) is 4.50. The molecule has 0 saturated carbocycles. The van der Waals surface area contributed by atoms with Crippen LogP contribution in [0.2, 0.25) is 0 Å². The Labute approximate surface area is 273 Å². The highest BCUT2D eigenvalue weighted by molar-refractivity contribution is 5.85. The summed E-state index contributed by atoms with van der Waals surface area (Å²) in [6.07, 6.45) is 0. The Kier molecular flexibility index (Phi) is 6.09. The van der Waals surface area contributed by atoms with Gasteiger partial charge in [-0.15, -0.1) is 0 Å². The van der Waals surface area contributed by atoms with Crippen LogP contribution >= 0.6 is 0 Å². The van der Waals surface area contributed by atoms with Crippen LogP contribution < -0.4 is 9.47 Å². The zero-order valence-corrected chi connectivity index (χ0v) is 25.9. The lowest BCUT2D eigenvalue weighted by atomic mass is 9.82. The van der Waals surface area contributed by atoms with Crippen LogP contribution in [0.5, 0.6) is 23.0 Å². The fraction of sp³-hybridized carbons (Fsp3) is 0.0714. The molecule has 0 fully saturated rings. The van der Waals surface area contributed by atoms with E-state index in [2.05, 4.69) is 68.4 Å². The lowest BCUT2D eigenvalue weighted by Gasteiger charge is -2.26. The molecule has 0 atom stereocenters. The third-order valence-electron chi connectivity index (χ3n) is 9.19. The smallest absolute Gasteiger partial charge is 0.177 e. The molecular weight excluding hydrogens is 578 g/mol. The van der Waals surface area contributed by atoms with E-state index >= 15 is 0 Å². The van der Waals surface area contributed by atoms with Crippen molar-refractivity contribution < 1.29 is 9.47 Å². The van der Waals surface area contributed by atoms with Gasteiger partial charge in [0.05, 0.1) is 0 Å². The molecule has 0 spiro atoms. The first-order valence-electron chi connectivity index (χ1n) is 15.8. The molecule has 224 valence electrons. The van der Waals surface area contributed by atoms with Crippen molar-refractivity contribution in [1.29, 1.82) is 0 Å². The molecule has 6 aromatic carbocycles. The highest BCUT2D eigenvalue weighted by atomic mass is 16.6. The van der Waals surface area contributed by atoms with Crippen molar-refractivity contribution in [3.8, 4) is 79.4 Å². The second-order valence-electron chi connectivity index (χ2n) is 12.5. The first-order valence-corrected chi connectivity index (χ1v) is 15.8. The maximum Gasteiger partial charge on any atom is 0.177 e. The predicted molar refractivity (Wildman–Crippen MR) is 186 cm³/mol. The van der Waals surface area contributed by atoms with E-state index in [-0.39, 0.29) is 5.41 Å². The van der Waals surface area contributed by atoms with E-state index in [1.807, 2.05) is 84.9 Å². The molecule has 1 aliphatic heterocycles.